The fourth-order valence-electron chi connectivity index (χ4n) is 2.92. The van der Waals surface area contributed by atoms with Crippen LogP contribution in [-0.4, -0.2) is 23.8 Å². The Labute approximate surface area is 182 Å². The Morgan fingerprint density at radius 1 is 1.10 bits per heavy atom. The highest BCUT2D eigenvalue weighted by Gasteiger charge is 2.20. The molecule has 0 fully saturated rings. The lowest BCUT2D eigenvalue weighted by molar-refractivity contribution is -0.116. The number of halogens is 1. The van der Waals surface area contributed by atoms with Gasteiger partial charge in [-0.25, -0.2) is 9.37 Å². The molecule has 1 heterocycles. The van der Waals surface area contributed by atoms with E-state index in [1.54, 1.807) is 24.1 Å². The molecule has 0 spiro atoms. The number of benzene rings is 3. The van der Waals surface area contributed by atoms with Crippen LogP contribution >= 0.6 is 23.1 Å². The first-order valence-electron chi connectivity index (χ1n) is 9.29. The molecular weight excluding hydrogens is 419 g/mol. The van der Waals surface area contributed by atoms with Crippen LogP contribution in [0, 0.1) is 5.82 Å². The lowest BCUT2D eigenvalue weighted by Gasteiger charge is -2.20. The number of amides is 1. The molecule has 0 saturated heterocycles. The van der Waals surface area contributed by atoms with Gasteiger partial charge in [-0.3, -0.25) is 9.69 Å². The number of carbonyl (C=O) groups excluding carboxylic acids is 1. The lowest BCUT2D eigenvalue weighted by atomic mass is 10.2. The average molecular weight is 439 g/mol. The molecule has 0 aliphatic rings. The molecule has 4 rings (SSSR count). The van der Waals surface area contributed by atoms with E-state index in [2.05, 4.69) is 0 Å². The summed E-state index contributed by atoms with van der Waals surface area (Å²) >= 11 is 2.86. The molecule has 0 bridgehead atoms. The van der Waals surface area contributed by atoms with Crippen molar-refractivity contribution in [1.29, 1.82) is 0 Å². The number of hydrogen-bond donors (Lipinski definition) is 0. The number of fused-ring (bicyclic) bond motifs is 1. The summed E-state index contributed by atoms with van der Waals surface area (Å²) < 4.78 is 19.4. The van der Waals surface area contributed by atoms with E-state index >= 15 is 0 Å². The molecule has 30 heavy (non-hydrogen) atoms. The molecule has 0 aliphatic carbocycles. The standard InChI is InChI=1S/C23H19FN2O2S2/c1-28-18-9-12-21-20(13-18)25-23(30-21)26(14-16-5-3-2-4-6-16)22(27)15-29-19-10-7-17(24)8-11-19/h2-13H,14-15H2,1H3. The van der Waals surface area contributed by atoms with Gasteiger partial charge in [0.25, 0.3) is 0 Å². The molecule has 1 aromatic heterocycles. The number of thiazole rings is 1. The summed E-state index contributed by atoms with van der Waals surface area (Å²) in [7, 11) is 1.62. The van der Waals surface area contributed by atoms with Gasteiger partial charge < -0.3 is 4.74 Å². The minimum atomic E-state index is -0.290. The molecule has 0 radical (unpaired) electrons. The number of methoxy groups -OCH3 is 1. The third-order valence-corrected chi connectivity index (χ3v) is 6.53. The number of thioether (sulfide) groups is 1. The second-order valence-corrected chi connectivity index (χ2v) is 8.60. The van der Waals surface area contributed by atoms with Crippen molar-refractivity contribution >= 4 is 44.4 Å². The first kappa shape index (κ1) is 20.4. The van der Waals surface area contributed by atoms with Crippen molar-refractivity contribution in [2.75, 3.05) is 17.8 Å². The number of nitrogens with zero attached hydrogens (tertiary/aromatic N) is 2. The molecule has 0 aliphatic heterocycles. The van der Waals surface area contributed by atoms with Crippen LogP contribution in [0.2, 0.25) is 0 Å². The molecule has 0 N–H and O–H groups in total. The third-order valence-electron chi connectivity index (χ3n) is 4.47. The maximum absolute atomic E-state index is 13.2. The molecule has 0 atom stereocenters. The zero-order chi connectivity index (χ0) is 20.9. The number of rotatable bonds is 7. The molecule has 0 unspecified atom stereocenters. The van der Waals surface area contributed by atoms with Crippen molar-refractivity contribution in [1.82, 2.24) is 4.98 Å². The summed E-state index contributed by atoms with van der Waals surface area (Å²) in [5.41, 5.74) is 1.82. The molecule has 4 aromatic rings. The topological polar surface area (TPSA) is 42.4 Å². The van der Waals surface area contributed by atoms with Crippen LogP contribution < -0.4 is 9.64 Å². The van der Waals surface area contributed by atoms with Gasteiger partial charge in [0.15, 0.2) is 5.13 Å². The summed E-state index contributed by atoms with van der Waals surface area (Å²) in [5, 5.41) is 0.645. The van der Waals surface area contributed by atoms with Crippen molar-refractivity contribution in [3.63, 3.8) is 0 Å². The predicted octanol–water partition coefficient (Wildman–Crippen LogP) is 5.77. The summed E-state index contributed by atoms with van der Waals surface area (Å²) in [5.74, 6) is 0.616. The van der Waals surface area contributed by atoms with Crippen LogP contribution in [0.1, 0.15) is 5.56 Å². The van der Waals surface area contributed by atoms with Gasteiger partial charge in [-0.15, -0.1) is 11.8 Å². The summed E-state index contributed by atoms with van der Waals surface area (Å²) in [6.07, 6.45) is 0. The number of anilines is 1. The van der Waals surface area contributed by atoms with E-state index in [0.29, 0.717) is 11.7 Å². The van der Waals surface area contributed by atoms with Crippen LogP contribution in [0.25, 0.3) is 10.2 Å². The van der Waals surface area contributed by atoms with Crippen LogP contribution in [0.15, 0.2) is 77.7 Å². The second-order valence-electron chi connectivity index (χ2n) is 6.54. The van der Waals surface area contributed by atoms with Crippen LogP contribution in [-0.2, 0) is 11.3 Å². The number of hydrogen-bond acceptors (Lipinski definition) is 5. The van der Waals surface area contributed by atoms with Crippen molar-refractivity contribution in [3.8, 4) is 5.75 Å². The largest absolute Gasteiger partial charge is 0.497 e. The SMILES string of the molecule is COc1ccc2sc(N(Cc3ccccc3)C(=O)CSc3ccc(F)cc3)nc2c1. The normalized spacial score (nSPS) is 10.9. The second kappa shape index (κ2) is 9.28. The molecule has 7 heteroatoms. The number of carbonyl (C=O) groups is 1. The Morgan fingerprint density at radius 2 is 1.87 bits per heavy atom. The molecule has 152 valence electrons. The predicted molar refractivity (Wildman–Crippen MR) is 121 cm³/mol. The van der Waals surface area contributed by atoms with E-state index < -0.39 is 0 Å². The van der Waals surface area contributed by atoms with Gasteiger partial charge in [0, 0.05) is 11.0 Å². The average Bonchev–Trinajstić information content (AvgIpc) is 3.20. The lowest BCUT2D eigenvalue weighted by Crippen LogP contribution is -2.31. The molecule has 1 amide bonds. The van der Waals surface area contributed by atoms with E-state index in [0.717, 1.165) is 26.4 Å². The van der Waals surface area contributed by atoms with E-state index in [1.165, 1.54) is 35.2 Å². The first-order valence-corrected chi connectivity index (χ1v) is 11.1. The van der Waals surface area contributed by atoms with Crippen LogP contribution in [0.5, 0.6) is 5.75 Å². The third kappa shape index (κ3) is 4.80. The Hall–Kier alpha value is -2.90. The Balaban J connectivity index is 1.60. The Bertz CT molecular complexity index is 1150. The molecule has 3 aromatic carbocycles. The Morgan fingerprint density at radius 3 is 2.60 bits per heavy atom. The van der Waals surface area contributed by atoms with Gasteiger partial charge in [0.05, 0.1) is 29.6 Å². The van der Waals surface area contributed by atoms with Gasteiger partial charge in [-0.1, -0.05) is 41.7 Å². The van der Waals surface area contributed by atoms with Gasteiger partial charge in [0.2, 0.25) is 5.91 Å². The van der Waals surface area contributed by atoms with E-state index in [9.17, 15) is 9.18 Å². The molecule has 0 saturated carbocycles. The zero-order valence-corrected chi connectivity index (χ0v) is 17.9. The van der Waals surface area contributed by atoms with Crippen molar-refractivity contribution in [2.24, 2.45) is 0 Å². The Kier molecular flexibility index (Phi) is 6.30. The van der Waals surface area contributed by atoms with Crippen LogP contribution in [0.3, 0.4) is 0 Å². The summed E-state index contributed by atoms with van der Waals surface area (Å²) in [4.78, 5) is 20.4. The van der Waals surface area contributed by atoms with E-state index in [-0.39, 0.29) is 17.5 Å². The maximum atomic E-state index is 13.2. The smallest absolute Gasteiger partial charge is 0.239 e. The van der Waals surface area contributed by atoms with Gasteiger partial charge in [0.1, 0.15) is 11.6 Å². The monoisotopic (exact) mass is 438 g/mol. The highest BCUT2D eigenvalue weighted by atomic mass is 32.2. The minimum Gasteiger partial charge on any atom is -0.497 e. The maximum Gasteiger partial charge on any atom is 0.239 e. The van der Waals surface area contributed by atoms with E-state index in [1.807, 2.05) is 48.5 Å². The fourth-order valence-corrected chi connectivity index (χ4v) is 4.66. The van der Waals surface area contributed by atoms with Gasteiger partial charge in [-0.2, -0.15) is 0 Å². The number of aromatic nitrogens is 1. The minimum absolute atomic E-state index is 0.0563. The summed E-state index contributed by atoms with van der Waals surface area (Å²) in [6.45, 7) is 0.431. The van der Waals surface area contributed by atoms with Gasteiger partial charge >= 0.3 is 0 Å². The highest BCUT2D eigenvalue weighted by Crippen LogP contribution is 2.32. The number of ether oxygens (including phenoxy) is 1. The summed E-state index contributed by atoms with van der Waals surface area (Å²) in [6, 6.07) is 21.7. The van der Waals surface area contributed by atoms with Gasteiger partial charge in [-0.05, 0) is 42.0 Å². The highest BCUT2D eigenvalue weighted by molar-refractivity contribution is 8.00. The van der Waals surface area contributed by atoms with Crippen molar-refractivity contribution < 1.29 is 13.9 Å². The van der Waals surface area contributed by atoms with E-state index in [4.69, 9.17) is 9.72 Å². The molecule has 4 nitrogen and oxygen atoms in total. The van der Waals surface area contributed by atoms with Crippen LogP contribution in [0.4, 0.5) is 9.52 Å². The van der Waals surface area contributed by atoms with Crippen molar-refractivity contribution in [3.05, 3.63) is 84.2 Å². The fraction of sp³-hybridized carbons (Fsp3) is 0.130. The first-order chi connectivity index (χ1) is 14.6. The zero-order valence-electron chi connectivity index (χ0n) is 16.2. The quantitative estimate of drug-likeness (QED) is 0.344. The van der Waals surface area contributed by atoms with Crippen molar-refractivity contribution in [2.45, 2.75) is 11.4 Å². The molecular formula is C23H19FN2O2S2.